The van der Waals surface area contributed by atoms with Crippen molar-refractivity contribution in [3.63, 3.8) is 0 Å². The van der Waals surface area contributed by atoms with E-state index in [0.29, 0.717) is 0 Å². The quantitative estimate of drug-likeness (QED) is 0.740. The summed E-state index contributed by atoms with van der Waals surface area (Å²) in [7, 11) is 0. The first-order chi connectivity index (χ1) is 7.70. The monoisotopic (exact) mass is 394 g/mol. The van der Waals surface area contributed by atoms with Crippen molar-refractivity contribution >= 4 is 44.4 Å². The average molecular weight is 395 g/mol. The van der Waals surface area contributed by atoms with Gasteiger partial charge < -0.3 is 10.2 Å². The average Bonchev–Trinajstić information content (AvgIpc) is 2.33. The summed E-state index contributed by atoms with van der Waals surface area (Å²) in [6.07, 6.45) is 0. The number of piperazine rings is 1. The number of amides is 1. The molecule has 1 fully saturated rings. The Kier molecular flexibility index (Phi) is 4.21. The molecule has 0 bridgehead atoms. The Balaban J connectivity index is 2.22. The summed E-state index contributed by atoms with van der Waals surface area (Å²) < 4.78 is 1.97. The molecular formula is C11H12BrIN2O. The van der Waals surface area contributed by atoms with Gasteiger partial charge in [0.2, 0.25) is 0 Å². The second-order valence-electron chi connectivity index (χ2n) is 3.64. The smallest absolute Gasteiger partial charge is 0.255 e. The molecule has 2 rings (SSSR count). The largest absolute Gasteiger partial charge is 0.336 e. The molecule has 16 heavy (non-hydrogen) atoms. The number of benzene rings is 1. The SMILES string of the molecule is O=C(c1cccc(I)c1Br)N1CCNCC1. The second-order valence-corrected chi connectivity index (χ2v) is 5.60. The highest BCUT2D eigenvalue weighted by atomic mass is 127. The van der Waals surface area contributed by atoms with E-state index in [1.807, 2.05) is 23.1 Å². The minimum Gasteiger partial charge on any atom is -0.336 e. The van der Waals surface area contributed by atoms with Crippen molar-refractivity contribution < 1.29 is 4.79 Å². The Labute approximate surface area is 117 Å². The molecule has 1 aliphatic rings. The summed E-state index contributed by atoms with van der Waals surface area (Å²) in [6.45, 7) is 3.34. The molecule has 0 aliphatic carbocycles. The maximum absolute atomic E-state index is 12.2. The van der Waals surface area contributed by atoms with Gasteiger partial charge in [0, 0.05) is 34.2 Å². The van der Waals surface area contributed by atoms with Gasteiger partial charge in [-0.25, -0.2) is 0 Å². The van der Waals surface area contributed by atoms with Gasteiger partial charge in [-0.05, 0) is 50.7 Å². The molecule has 1 aromatic rings. The lowest BCUT2D eigenvalue weighted by molar-refractivity contribution is 0.0735. The first-order valence-corrected chi connectivity index (χ1v) is 7.01. The van der Waals surface area contributed by atoms with Crippen molar-refractivity contribution in [3.05, 3.63) is 31.8 Å². The number of hydrogen-bond donors (Lipinski definition) is 1. The summed E-state index contributed by atoms with van der Waals surface area (Å²) in [4.78, 5) is 14.1. The van der Waals surface area contributed by atoms with Gasteiger partial charge in [-0.1, -0.05) is 6.07 Å². The third-order valence-electron chi connectivity index (χ3n) is 2.59. The number of nitrogens with one attached hydrogen (secondary N) is 1. The Morgan fingerprint density at radius 1 is 1.38 bits per heavy atom. The number of carbonyl (C=O) groups excluding carboxylic acids is 1. The highest BCUT2D eigenvalue weighted by Gasteiger charge is 2.20. The molecule has 0 unspecified atom stereocenters. The third kappa shape index (κ3) is 2.57. The fourth-order valence-electron chi connectivity index (χ4n) is 1.71. The fourth-order valence-corrected chi connectivity index (χ4v) is 2.64. The molecule has 86 valence electrons. The number of halogens is 2. The first kappa shape index (κ1) is 12.3. The summed E-state index contributed by atoms with van der Waals surface area (Å²) >= 11 is 5.70. The van der Waals surface area contributed by atoms with E-state index in [9.17, 15) is 4.79 Å². The van der Waals surface area contributed by atoms with E-state index in [0.717, 1.165) is 39.8 Å². The lowest BCUT2D eigenvalue weighted by Crippen LogP contribution is -2.46. The molecule has 0 radical (unpaired) electrons. The van der Waals surface area contributed by atoms with E-state index >= 15 is 0 Å². The molecule has 1 aliphatic heterocycles. The molecule has 1 saturated heterocycles. The molecule has 1 aromatic carbocycles. The molecule has 0 spiro atoms. The number of carbonyl (C=O) groups is 1. The van der Waals surface area contributed by atoms with E-state index < -0.39 is 0 Å². The summed E-state index contributed by atoms with van der Waals surface area (Å²) in [5, 5.41) is 3.24. The Morgan fingerprint density at radius 3 is 2.75 bits per heavy atom. The molecule has 0 aromatic heterocycles. The Morgan fingerprint density at radius 2 is 2.06 bits per heavy atom. The molecule has 1 amide bonds. The Hall–Kier alpha value is -0.140. The van der Waals surface area contributed by atoms with Crippen LogP contribution in [0.5, 0.6) is 0 Å². The van der Waals surface area contributed by atoms with Crippen LogP contribution >= 0.6 is 38.5 Å². The van der Waals surface area contributed by atoms with Gasteiger partial charge in [-0.3, -0.25) is 4.79 Å². The van der Waals surface area contributed by atoms with Crippen molar-refractivity contribution in [2.24, 2.45) is 0 Å². The van der Waals surface area contributed by atoms with E-state index in [1.165, 1.54) is 0 Å². The molecule has 5 heteroatoms. The number of nitrogens with zero attached hydrogens (tertiary/aromatic N) is 1. The first-order valence-electron chi connectivity index (χ1n) is 5.14. The maximum Gasteiger partial charge on any atom is 0.255 e. The van der Waals surface area contributed by atoms with Gasteiger partial charge in [-0.2, -0.15) is 0 Å². The van der Waals surface area contributed by atoms with Gasteiger partial charge in [0.1, 0.15) is 0 Å². The van der Waals surface area contributed by atoms with Crippen LogP contribution in [0.25, 0.3) is 0 Å². The van der Waals surface area contributed by atoms with Crippen molar-refractivity contribution in [1.82, 2.24) is 10.2 Å². The van der Waals surface area contributed by atoms with Crippen LogP contribution in [0.1, 0.15) is 10.4 Å². The van der Waals surface area contributed by atoms with Crippen LogP contribution in [0, 0.1) is 3.57 Å². The van der Waals surface area contributed by atoms with Gasteiger partial charge >= 0.3 is 0 Å². The molecular weight excluding hydrogens is 383 g/mol. The van der Waals surface area contributed by atoms with Crippen LogP contribution in [-0.4, -0.2) is 37.0 Å². The predicted molar refractivity (Wildman–Crippen MR) is 75.6 cm³/mol. The number of rotatable bonds is 1. The highest BCUT2D eigenvalue weighted by molar-refractivity contribution is 14.1. The minimum atomic E-state index is 0.117. The van der Waals surface area contributed by atoms with Crippen LogP contribution < -0.4 is 5.32 Å². The van der Waals surface area contributed by atoms with Gasteiger partial charge in [-0.15, -0.1) is 0 Å². The highest BCUT2D eigenvalue weighted by Crippen LogP contribution is 2.24. The van der Waals surface area contributed by atoms with E-state index in [4.69, 9.17) is 0 Å². The zero-order valence-electron chi connectivity index (χ0n) is 8.67. The maximum atomic E-state index is 12.2. The molecule has 0 saturated carbocycles. The van der Waals surface area contributed by atoms with Crippen molar-refractivity contribution in [2.45, 2.75) is 0 Å². The summed E-state index contributed by atoms with van der Waals surface area (Å²) in [5.41, 5.74) is 0.758. The fraction of sp³-hybridized carbons (Fsp3) is 0.364. The summed E-state index contributed by atoms with van der Waals surface area (Å²) in [6, 6.07) is 5.78. The van der Waals surface area contributed by atoms with E-state index in [1.54, 1.807) is 0 Å². The van der Waals surface area contributed by atoms with E-state index in [2.05, 4.69) is 43.8 Å². The molecule has 1 N–H and O–H groups in total. The van der Waals surface area contributed by atoms with Crippen LogP contribution in [0.2, 0.25) is 0 Å². The summed E-state index contributed by atoms with van der Waals surface area (Å²) in [5.74, 6) is 0.117. The zero-order valence-corrected chi connectivity index (χ0v) is 12.4. The zero-order chi connectivity index (χ0) is 11.5. The van der Waals surface area contributed by atoms with Crippen molar-refractivity contribution in [1.29, 1.82) is 0 Å². The molecule has 0 atom stereocenters. The normalized spacial score (nSPS) is 16.2. The van der Waals surface area contributed by atoms with Crippen LogP contribution in [-0.2, 0) is 0 Å². The number of hydrogen-bond acceptors (Lipinski definition) is 2. The van der Waals surface area contributed by atoms with Gasteiger partial charge in [0.15, 0.2) is 0 Å². The standard InChI is InChI=1S/C11H12BrIN2O/c12-10-8(2-1-3-9(10)13)11(16)15-6-4-14-5-7-15/h1-3,14H,4-7H2. The second kappa shape index (κ2) is 5.46. The molecule has 1 heterocycles. The van der Waals surface area contributed by atoms with Crippen molar-refractivity contribution in [2.75, 3.05) is 26.2 Å². The molecule has 3 nitrogen and oxygen atoms in total. The lowest BCUT2D eigenvalue weighted by atomic mass is 10.2. The van der Waals surface area contributed by atoms with Gasteiger partial charge in [0.25, 0.3) is 5.91 Å². The minimum absolute atomic E-state index is 0.117. The van der Waals surface area contributed by atoms with E-state index in [-0.39, 0.29) is 5.91 Å². The topological polar surface area (TPSA) is 32.3 Å². The van der Waals surface area contributed by atoms with Crippen LogP contribution in [0.3, 0.4) is 0 Å². The van der Waals surface area contributed by atoms with Crippen molar-refractivity contribution in [3.8, 4) is 0 Å². The van der Waals surface area contributed by atoms with Gasteiger partial charge in [0.05, 0.1) is 5.56 Å². The third-order valence-corrected chi connectivity index (χ3v) is 5.08. The lowest BCUT2D eigenvalue weighted by Gasteiger charge is -2.27. The van der Waals surface area contributed by atoms with Crippen LogP contribution in [0.15, 0.2) is 22.7 Å². The van der Waals surface area contributed by atoms with Crippen LogP contribution in [0.4, 0.5) is 0 Å². The Bertz CT molecular complexity index is 405. The predicted octanol–water partition coefficient (Wildman–Crippen LogP) is 2.10.